The monoisotopic (exact) mass is 154 g/mol. The van der Waals surface area contributed by atoms with E-state index in [0.717, 1.165) is 5.92 Å². The van der Waals surface area contributed by atoms with Crippen LogP contribution in [0.15, 0.2) is 0 Å². The summed E-state index contributed by atoms with van der Waals surface area (Å²) in [5.74, 6) is 1.37. The molecule has 0 saturated heterocycles. The lowest BCUT2D eigenvalue weighted by molar-refractivity contribution is 0.0913. The van der Waals surface area contributed by atoms with Crippen LogP contribution in [0.2, 0.25) is 0 Å². The molecule has 0 spiro atoms. The van der Waals surface area contributed by atoms with E-state index in [4.69, 9.17) is 11.5 Å². The van der Waals surface area contributed by atoms with Crippen molar-refractivity contribution >= 4 is 0 Å². The third-order valence-corrected chi connectivity index (χ3v) is 4.24. The fraction of sp³-hybridized carbons (Fsp3) is 1.00. The fourth-order valence-corrected chi connectivity index (χ4v) is 2.95. The number of fused-ring (bicyclic) bond motifs is 2. The highest BCUT2D eigenvalue weighted by atomic mass is 15.0. The van der Waals surface area contributed by atoms with E-state index in [1.807, 2.05) is 0 Å². The molecule has 0 amide bonds. The summed E-state index contributed by atoms with van der Waals surface area (Å²) in [4.78, 5) is 0. The summed E-state index contributed by atoms with van der Waals surface area (Å²) < 4.78 is 0. The van der Waals surface area contributed by atoms with Crippen LogP contribution in [0.25, 0.3) is 0 Å². The van der Waals surface area contributed by atoms with E-state index in [-0.39, 0.29) is 5.41 Å². The first-order valence-electron chi connectivity index (χ1n) is 4.54. The number of rotatable bonds is 0. The molecule has 2 nitrogen and oxygen atoms in total. The average Bonchev–Trinajstić information content (AvgIpc) is 2.37. The van der Waals surface area contributed by atoms with E-state index in [9.17, 15) is 0 Å². The van der Waals surface area contributed by atoms with E-state index >= 15 is 0 Å². The minimum Gasteiger partial charge on any atom is -0.313 e. The predicted molar refractivity (Wildman–Crippen MR) is 45.7 cm³/mol. The van der Waals surface area contributed by atoms with Gasteiger partial charge < -0.3 is 11.5 Å². The SMILES string of the molecule is CC1(C)C2CCC(C2)C1(N)N. The van der Waals surface area contributed by atoms with Crippen molar-refractivity contribution in [3.05, 3.63) is 0 Å². The van der Waals surface area contributed by atoms with Gasteiger partial charge in [0.15, 0.2) is 0 Å². The second kappa shape index (κ2) is 1.80. The highest BCUT2D eigenvalue weighted by molar-refractivity contribution is 5.11. The summed E-state index contributed by atoms with van der Waals surface area (Å²) in [6.07, 6.45) is 3.86. The van der Waals surface area contributed by atoms with Crippen LogP contribution in [0, 0.1) is 17.3 Å². The summed E-state index contributed by atoms with van der Waals surface area (Å²) in [6, 6.07) is 0. The predicted octanol–water partition coefficient (Wildman–Crippen LogP) is 1.06. The molecule has 11 heavy (non-hydrogen) atoms. The van der Waals surface area contributed by atoms with E-state index in [1.54, 1.807) is 0 Å². The molecule has 2 rings (SSSR count). The summed E-state index contributed by atoms with van der Waals surface area (Å²) in [5, 5.41) is 0. The van der Waals surface area contributed by atoms with Gasteiger partial charge in [0.25, 0.3) is 0 Å². The smallest absolute Gasteiger partial charge is 0.0720 e. The van der Waals surface area contributed by atoms with Crippen molar-refractivity contribution in [2.45, 2.75) is 38.8 Å². The van der Waals surface area contributed by atoms with Crippen molar-refractivity contribution in [3.8, 4) is 0 Å². The summed E-state index contributed by atoms with van der Waals surface area (Å²) in [5.41, 5.74) is 12.0. The molecule has 2 saturated carbocycles. The molecule has 2 unspecified atom stereocenters. The van der Waals surface area contributed by atoms with Crippen LogP contribution in [0.3, 0.4) is 0 Å². The van der Waals surface area contributed by atoms with Gasteiger partial charge in [-0.1, -0.05) is 13.8 Å². The van der Waals surface area contributed by atoms with Crippen molar-refractivity contribution < 1.29 is 0 Å². The van der Waals surface area contributed by atoms with Gasteiger partial charge in [-0.3, -0.25) is 0 Å². The fourth-order valence-electron chi connectivity index (χ4n) is 2.95. The van der Waals surface area contributed by atoms with E-state index in [0.29, 0.717) is 5.92 Å². The van der Waals surface area contributed by atoms with Crippen molar-refractivity contribution in [3.63, 3.8) is 0 Å². The van der Waals surface area contributed by atoms with Crippen LogP contribution in [0.1, 0.15) is 33.1 Å². The third kappa shape index (κ3) is 0.695. The first-order valence-corrected chi connectivity index (χ1v) is 4.54. The molecular weight excluding hydrogens is 136 g/mol. The molecule has 0 radical (unpaired) electrons. The normalized spacial score (nSPS) is 44.7. The van der Waals surface area contributed by atoms with Gasteiger partial charge in [-0.15, -0.1) is 0 Å². The Hall–Kier alpha value is -0.0800. The highest BCUT2D eigenvalue weighted by Crippen LogP contribution is 2.58. The number of nitrogens with two attached hydrogens (primary N) is 2. The highest BCUT2D eigenvalue weighted by Gasteiger charge is 2.58. The molecule has 0 aliphatic heterocycles. The molecule has 0 aromatic carbocycles. The Morgan fingerprint density at radius 2 is 1.64 bits per heavy atom. The molecule has 64 valence electrons. The van der Waals surface area contributed by atoms with Crippen LogP contribution in [0.5, 0.6) is 0 Å². The maximum absolute atomic E-state index is 6.12. The molecule has 2 aliphatic rings. The molecule has 0 aromatic rings. The zero-order chi connectivity index (χ0) is 8.28. The third-order valence-electron chi connectivity index (χ3n) is 4.24. The molecule has 2 fully saturated rings. The van der Waals surface area contributed by atoms with Gasteiger partial charge in [0.2, 0.25) is 0 Å². The van der Waals surface area contributed by atoms with E-state index < -0.39 is 5.66 Å². The molecule has 2 aliphatic carbocycles. The van der Waals surface area contributed by atoms with Crippen LogP contribution >= 0.6 is 0 Å². The van der Waals surface area contributed by atoms with Gasteiger partial charge in [0.1, 0.15) is 0 Å². The van der Waals surface area contributed by atoms with Crippen molar-refractivity contribution in [1.29, 1.82) is 0 Å². The quantitative estimate of drug-likeness (QED) is 0.512. The van der Waals surface area contributed by atoms with Gasteiger partial charge in [0, 0.05) is 0 Å². The molecular formula is C9H18N2. The van der Waals surface area contributed by atoms with Gasteiger partial charge >= 0.3 is 0 Å². The summed E-state index contributed by atoms with van der Waals surface area (Å²) >= 11 is 0. The van der Waals surface area contributed by atoms with Gasteiger partial charge in [-0.05, 0) is 36.5 Å². The second-order valence-corrected chi connectivity index (χ2v) is 4.86. The second-order valence-electron chi connectivity index (χ2n) is 4.86. The average molecular weight is 154 g/mol. The van der Waals surface area contributed by atoms with Crippen LogP contribution in [-0.4, -0.2) is 5.66 Å². The lowest BCUT2D eigenvalue weighted by Crippen LogP contribution is -2.63. The molecule has 2 heteroatoms. The Balaban J connectivity index is 2.36. The lowest BCUT2D eigenvalue weighted by Gasteiger charge is -2.44. The van der Waals surface area contributed by atoms with Crippen LogP contribution < -0.4 is 11.5 Å². The standard InChI is InChI=1S/C9H18N2/c1-8(2)6-3-4-7(5-6)9(8,10)11/h6-7H,3-5,10-11H2,1-2H3. The summed E-state index contributed by atoms with van der Waals surface area (Å²) in [6.45, 7) is 4.44. The van der Waals surface area contributed by atoms with Gasteiger partial charge in [-0.2, -0.15) is 0 Å². The van der Waals surface area contributed by atoms with Crippen molar-refractivity contribution in [2.24, 2.45) is 28.7 Å². The minimum absolute atomic E-state index is 0.163. The maximum atomic E-state index is 6.12. The Kier molecular flexibility index (Phi) is 1.24. The Labute approximate surface area is 68.3 Å². The molecule has 0 heterocycles. The van der Waals surface area contributed by atoms with Crippen molar-refractivity contribution in [2.75, 3.05) is 0 Å². The first kappa shape index (κ1) is 7.56. The summed E-state index contributed by atoms with van der Waals surface area (Å²) in [7, 11) is 0. The van der Waals surface area contributed by atoms with E-state index in [1.165, 1.54) is 19.3 Å². The minimum atomic E-state index is -0.393. The van der Waals surface area contributed by atoms with Crippen LogP contribution in [0.4, 0.5) is 0 Å². The molecule has 2 atom stereocenters. The molecule has 4 N–H and O–H groups in total. The van der Waals surface area contributed by atoms with Crippen LogP contribution in [-0.2, 0) is 0 Å². The zero-order valence-electron chi connectivity index (χ0n) is 7.43. The molecule has 0 aromatic heterocycles. The molecule has 2 bridgehead atoms. The van der Waals surface area contributed by atoms with Gasteiger partial charge in [0.05, 0.1) is 5.66 Å². The Morgan fingerprint density at radius 1 is 1.09 bits per heavy atom. The lowest BCUT2D eigenvalue weighted by atomic mass is 9.69. The van der Waals surface area contributed by atoms with Gasteiger partial charge in [-0.25, -0.2) is 0 Å². The number of hydrogen-bond donors (Lipinski definition) is 2. The Morgan fingerprint density at radius 3 is 1.91 bits per heavy atom. The number of hydrogen-bond acceptors (Lipinski definition) is 2. The largest absolute Gasteiger partial charge is 0.313 e. The Bertz CT molecular complexity index is 164. The maximum Gasteiger partial charge on any atom is 0.0720 e. The first-order chi connectivity index (χ1) is 4.96. The van der Waals surface area contributed by atoms with E-state index in [2.05, 4.69) is 13.8 Å². The van der Waals surface area contributed by atoms with Crippen molar-refractivity contribution in [1.82, 2.24) is 0 Å². The topological polar surface area (TPSA) is 52.0 Å². The zero-order valence-corrected chi connectivity index (χ0v) is 7.43.